The number of nitrogens with zero attached hydrogens (tertiary/aromatic N) is 2. The Morgan fingerprint density at radius 3 is 2.61 bits per heavy atom. The molecule has 0 radical (unpaired) electrons. The maximum Gasteiger partial charge on any atom is 0.231 e. The molecule has 3 aliphatic rings. The third-order valence-corrected chi connectivity index (χ3v) is 7.91. The van der Waals surface area contributed by atoms with Gasteiger partial charge in [0.05, 0.1) is 0 Å². The van der Waals surface area contributed by atoms with Gasteiger partial charge in [-0.15, -0.1) is 0 Å². The van der Waals surface area contributed by atoms with E-state index >= 15 is 0 Å². The van der Waals surface area contributed by atoms with Crippen molar-refractivity contribution in [2.45, 2.75) is 44.1 Å². The fourth-order valence-electron chi connectivity index (χ4n) is 5.60. The predicted octanol–water partition coefficient (Wildman–Crippen LogP) is 3.59. The van der Waals surface area contributed by atoms with Gasteiger partial charge in [0.1, 0.15) is 0 Å². The third-order valence-electron chi connectivity index (χ3n) is 7.46. The Morgan fingerprint density at radius 2 is 1.90 bits per heavy atom. The van der Waals surface area contributed by atoms with Gasteiger partial charge in [-0.25, -0.2) is 8.93 Å². The minimum Gasteiger partial charge on any atom is -0.371 e. The average Bonchev–Trinajstić information content (AvgIpc) is 2.70. The molecule has 6 heteroatoms. The Kier molecular flexibility index (Phi) is 6.41. The van der Waals surface area contributed by atoms with E-state index in [4.69, 9.17) is 4.55 Å². The van der Waals surface area contributed by atoms with E-state index < -0.39 is 11.3 Å². The number of nitrogens with one attached hydrogen (secondary N) is 1. The minimum absolute atomic E-state index is 0.562. The summed E-state index contributed by atoms with van der Waals surface area (Å²) in [5, 5.41) is 0. The molecule has 0 spiro atoms. The van der Waals surface area contributed by atoms with Gasteiger partial charge in [-0.2, -0.15) is 0 Å². The first kappa shape index (κ1) is 21.1. The zero-order chi connectivity index (χ0) is 21.2. The van der Waals surface area contributed by atoms with Gasteiger partial charge >= 0.3 is 0 Å². The molecule has 1 unspecified atom stereocenters. The molecule has 31 heavy (non-hydrogen) atoms. The zero-order valence-corrected chi connectivity index (χ0v) is 18.9. The lowest BCUT2D eigenvalue weighted by Gasteiger charge is -2.46. The van der Waals surface area contributed by atoms with Crippen LogP contribution in [0.3, 0.4) is 0 Å². The van der Waals surface area contributed by atoms with E-state index in [1.165, 1.54) is 49.2 Å². The molecular weight excluding hydrogens is 406 g/mol. The van der Waals surface area contributed by atoms with Gasteiger partial charge < -0.3 is 4.90 Å². The number of benzene rings is 2. The second kappa shape index (κ2) is 9.41. The fourth-order valence-corrected chi connectivity index (χ4v) is 5.89. The van der Waals surface area contributed by atoms with E-state index in [9.17, 15) is 4.21 Å². The summed E-state index contributed by atoms with van der Waals surface area (Å²) in [4.78, 5) is 5.18. The van der Waals surface area contributed by atoms with Gasteiger partial charge in [0, 0.05) is 37.3 Å². The monoisotopic (exact) mass is 439 g/mol. The van der Waals surface area contributed by atoms with Crippen molar-refractivity contribution in [3.8, 4) is 0 Å². The summed E-state index contributed by atoms with van der Waals surface area (Å²) in [5.41, 5.74) is 5.88. The van der Waals surface area contributed by atoms with Gasteiger partial charge in [0.2, 0.25) is 11.3 Å². The molecule has 2 aromatic rings. The van der Waals surface area contributed by atoms with Gasteiger partial charge in [-0.3, -0.25) is 9.45 Å². The summed E-state index contributed by atoms with van der Waals surface area (Å²) < 4.78 is 22.2. The zero-order valence-electron chi connectivity index (χ0n) is 18.1. The third kappa shape index (κ3) is 4.72. The predicted molar refractivity (Wildman–Crippen MR) is 127 cm³/mol. The van der Waals surface area contributed by atoms with Crippen molar-refractivity contribution in [3.63, 3.8) is 0 Å². The molecule has 2 fully saturated rings. The van der Waals surface area contributed by atoms with Crippen LogP contribution in [0.15, 0.2) is 48.5 Å². The van der Waals surface area contributed by atoms with Crippen molar-refractivity contribution in [3.05, 3.63) is 65.2 Å². The van der Waals surface area contributed by atoms with Crippen LogP contribution in [-0.4, -0.2) is 52.4 Å². The van der Waals surface area contributed by atoms with Gasteiger partial charge in [-0.1, -0.05) is 36.4 Å². The van der Waals surface area contributed by atoms with Crippen LogP contribution in [-0.2, 0) is 24.1 Å². The lowest BCUT2D eigenvalue weighted by Crippen LogP contribution is -2.50. The number of rotatable bonds is 8. The molecular formula is C25H33N3O2S. The van der Waals surface area contributed by atoms with E-state index in [2.05, 4.69) is 63.1 Å². The summed E-state index contributed by atoms with van der Waals surface area (Å²) in [6, 6.07) is 18.8. The summed E-state index contributed by atoms with van der Waals surface area (Å²) in [7, 11) is 0. The molecule has 5 nitrogen and oxygen atoms in total. The van der Waals surface area contributed by atoms with Crippen LogP contribution in [0.1, 0.15) is 41.9 Å². The molecule has 0 bridgehead atoms. The van der Waals surface area contributed by atoms with Crippen molar-refractivity contribution >= 4 is 17.0 Å². The SMILES string of the molecule is O=S(O)NCCC1CN(c2ccc3c(c2)[C@@H](Cc2ccccc2)[C@@H](N2CCC2)CC3)C1. The number of fused-ring (bicyclic) bond motifs is 1. The van der Waals surface area contributed by atoms with Crippen LogP contribution in [0.5, 0.6) is 0 Å². The number of likely N-dealkylation sites (tertiary alicyclic amines) is 1. The molecule has 2 heterocycles. The van der Waals surface area contributed by atoms with Crippen LogP contribution >= 0.6 is 0 Å². The van der Waals surface area contributed by atoms with Gasteiger partial charge in [0.15, 0.2) is 0 Å². The summed E-state index contributed by atoms with van der Waals surface area (Å²) in [6.07, 6.45) is 5.87. The Morgan fingerprint density at radius 1 is 1.10 bits per heavy atom. The Hall–Kier alpha value is -1.73. The van der Waals surface area contributed by atoms with Crippen LogP contribution in [0.25, 0.3) is 0 Å². The molecule has 2 saturated heterocycles. The number of hydrogen-bond acceptors (Lipinski definition) is 3. The van der Waals surface area contributed by atoms with E-state index in [1.807, 2.05) is 0 Å². The molecule has 0 aromatic heterocycles. The van der Waals surface area contributed by atoms with E-state index in [0.29, 0.717) is 24.4 Å². The highest BCUT2D eigenvalue weighted by Crippen LogP contribution is 2.41. The van der Waals surface area contributed by atoms with Gasteiger partial charge in [0.25, 0.3) is 0 Å². The topological polar surface area (TPSA) is 55.8 Å². The number of hydrogen-bond donors (Lipinski definition) is 2. The molecule has 5 rings (SSSR count). The molecule has 2 aromatic carbocycles. The molecule has 0 amide bonds. The van der Waals surface area contributed by atoms with Crippen LogP contribution in [0.2, 0.25) is 0 Å². The fraction of sp³-hybridized carbons (Fsp3) is 0.520. The largest absolute Gasteiger partial charge is 0.371 e. The van der Waals surface area contributed by atoms with Crippen LogP contribution < -0.4 is 9.62 Å². The minimum atomic E-state index is -1.90. The normalized spacial score (nSPS) is 24.9. The van der Waals surface area contributed by atoms with Gasteiger partial charge in [-0.05, 0) is 79.9 Å². The number of anilines is 1. The van der Waals surface area contributed by atoms with E-state index in [1.54, 1.807) is 5.56 Å². The maximum atomic E-state index is 10.8. The molecule has 2 aliphatic heterocycles. The first-order chi connectivity index (χ1) is 15.2. The second-order valence-electron chi connectivity index (χ2n) is 9.38. The summed E-state index contributed by atoms with van der Waals surface area (Å²) in [6.45, 7) is 5.19. The maximum absolute atomic E-state index is 10.8. The van der Waals surface area contributed by atoms with E-state index in [0.717, 1.165) is 25.9 Å². The molecule has 166 valence electrons. The highest BCUT2D eigenvalue weighted by molar-refractivity contribution is 7.77. The van der Waals surface area contributed by atoms with Crippen molar-refractivity contribution in [2.75, 3.05) is 37.6 Å². The van der Waals surface area contributed by atoms with Crippen molar-refractivity contribution in [1.29, 1.82) is 0 Å². The summed E-state index contributed by atoms with van der Waals surface area (Å²) in [5.74, 6) is 1.16. The first-order valence-electron chi connectivity index (χ1n) is 11.7. The van der Waals surface area contributed by atoms with Crippen LogP contribution in [0, 0.1) is 5.92 Å². The van der Waals surface area contributed by atoms with E-state index in [-0.39, 0.29) is 0 Å². The van der Waals surface area contributed by atoms with Crippen molar-refractivity contribution in [2.24, 2.45) is 5.92 Å². The Bertz CT molecular complexity index is 912. The van der Waals surface area contributed by atoms with Crippen LogP contribution in [0.4, 0.5) is 5.69 Å². The first-order valence-corrected chi connectivity index (χ1v) is 12.8. The highest BCUT2D eigenvalue weighted by Gasteiger charge is 2.36. The standard InChI is InChI=1S/C25H33N3O2S/c29-31(30)26-12-11-20-17-28(18-20)22-9-7-21-8-10-25(27-13-4-14-27)24(23(21)16-22)15-19-5-2-1-3-6-19/h1-3,5-7,9,16,20,24-26H,4,8,10-15,17-18H2,(H,29,30)/t24-,25+/m1/s1. The lowest BCUT2D eigenvalue weighted by molar-refractivity contribution is 0.0877. The molecule has 2 N–H and O–H groups in total. The Balaban J connectivity index is 1.32. The average molecular weight is 440 g/mol. The van der Waals surface area contributed by atoms with Crippen molar-refractivity contribution in [1.82, 2.24) is 9.62 Å². The summed E-state index contributed by atoms with van der Waals surface area (Å²) >= 11 is -1.90. The Labute approximate surface area is 188 Å². The van der Waals surface area contributed by atoms with Crippen molar-refractivity contribution < 1.29 is 8.76 Å². The quantitative estimate of drug-likeness (QED) is 0.618. The second-order valence-corrected chi connectivity index (χ2v) is 10.2. The highest BCUT2D eigenvalue weighted by atomic mass is 32.2. The molecule has 1 aliphatic carbocycles. The molecule has 3 atom stereocenters. The lowest BCUT2D eigenvalue weighted by atomic mass is 9.74. The number of aryl methyl sites for hydroxylation is 1. The smallest absolute Gasteiger partial charge is 0.231 e. The molecule has 0 saturated carbocycles.